The van der Waals surface area contributed by atoms with Gasteiger partial charge in [-0.25, -0.2) is 0 Å². The average molecular weight is 244 g/mol. The molecule has 0 bridgehead atoms. The van der Waals surface area contributed by atoms with E-state index in [1.807, 2.05) is 37.3 Å². The zero-order valence-corrected chi connectivity index (χ0v) is 10.6. The maximum absolute atomic E-state index is 12.0. The Morgan fingerprint density at radius 2 is 2.00 bits per heavy atom. The van der Waals surface area contributed by atoms with Crippen LogP contribution in [0.3, 0.4) is 0 Å². The van der Waals surface area contributed by atoms with Gasteiger partial charge >= 0.3 is 5.97 Å². The predicted molar refractivity (Wildman–Crippen MR) is 67.9 cm³/mol. The molecule has 0 aliphatic carbocycles. The first-order valence-electron chi connectivity index (χ1n) is 6.13. The summed E-state index contributed by atoms with van der Waals surface area (Å²) in [5.41, 5.74) is 1.63. The first-order chi connectivity index (χ1) is 8.63. The third kappa shape index (κ3) is 2.35. The van der Waals surface area contributed by atoms with Gasteiger partial charge in [-0.05, 0) is 12.5 Å². The Bertz CT molecular complexity index is 500. The van der Waals surface area contributed by atoms with E-state index in [0.717, 1.165) is 5.56 Å². The van der Waals surface area contributed by atoms with Crippen LogP contribution in [-0.4, -0.2) is 11.8 Å². The lowest BCUT2D eigenvalue weighted by molar-refractivity contribution is -0.141. The summed E-state index contributed by atoms with van der Waals surface area (Å²) in [7, 11) is 0. The lowest BCUT2D eigenvalue weighted by Crippen LogP contribution is -2.23. The number of ketones is 1. The van der Waals surface area contributed by atoms with E-state index in [1.165, 1.54) is 0 Å². The summed E-state index contributed by atoms with van der Waals surface area (Å²) in [5, 5.41) is 0. The number of benzene rings is 1. The van der Waals surface area contributed by atoms with Crippen molar-refractivity contribution >= 4 is 11.8 Å². The van der Waals surface area contributed by atoms with Gasteiger partial charge in [0.05, 0.1) is 6.42 Å². The number of hydrogen-bond donors (Lipinski definition) is 0. The standard InChI is InChI=1S/C15H16O3/c1-3-13(16)15-10(2)18-14(17)9-12(15)11-7-5-4-6-8-11/h4-8,12H,3,9H2,1-2H3/t12-/m1/s1. The molecule has 1 aliphatic rings. The largest absolute Gasteiger partial charge is 0.431 e. The van der Waals surface area contributed by atoms with Crippen LogP contribution in [0.1, 0.15) is 38.2 Å². The van der Waals surface area contributed by atoms with Gasteiger partial charge in [0.1, 0.15) is 5.76 Å². The van der Waals surface area contributed by atoms with Crippen LogP contribution in [0.15, 0.2) is 41.7 Å². The molecule has 0 saturated heterocycles. The highest BCUT2D eigenvalue weighted by Crippen LogP contribution is 2.35. The maximum atomic E-state index is 12.0. The highest BCUT2D eigenvalue weighted by molar-refractivity contribution is 5.99. The number of esters is 1. The average Bonchev–Trinajstić information content (AvgIpc) is 2.38. The van der Waals surface area contributed by atoms with Crippen molar-refractivity contribution in [1.29, 1.82) is 0 Å². The van der Waals surface area contributed by atoms with E-state index in [9.17, 15) is 9.59 Å². The summed E-state index contributed by atoms with van der Waals surface area (Å²) in [4.78, 5) is 23.6. The minimum absolute atomic E-state index is 0.0499. The molecule has 1 aromatic rings. The zero-order chi connectivity index (χ0) is 13.1. The first kappa shape index (κ1) is 12.6. The van der Waals surface area contributed by atoms with Crippen molar-refractivity contribution in [2.24, 2.45) is 0 Å². The Morgan fingerprint density at radius 3 is 2.61 bits per heavy atom. The molecule has 0 saturated carbocycles. The molecule has 3 nitrogen and oxygen atoms in total. The SMILES string of the molecule is CCC(=O)C1=C(C)OC(=O)C[C@@H]1c1ccccc1. The van der Waals surface area contributed by atoms with E-state index in [-0.39, 0.29) is 24.1 Å². The van der Waals surface area contributed by atoms with Gasteiger partial charge in [0, 0.05) is 17.9 Å². The number of allylic oxidation sites excluding steroid dienone is 2. The van der Waals surface area contributed by atoms with Gasteiger partial charge in [-0.3, -0.25) is 9.59 Å². The number of Topliss-reactive ketones (excluding diaryl/α,β-unsaturated/α-hetero) is 1. The molecule has 0 spiro atoms. The van der Waals surface area contributed by atoms with Gasteiger partial charge in [0.15, 0.2) is 5.78 Å². The lowest BCUT2D eigenvalue weighted by atomic mass is 9.83. The smallest absolute Gasteiger partial charge is 0.311 e. The molecule has 0 aromatic heterocycles. The van der Waals surface area contributed by atoms with Crippen LogP contribution >= 0.6 is 0 Å². The minimum Gasteiger partial charge on any atom is -0.431 e. The summed E-state index contributed by atoms with van der Waals surface area (Å²) in [6, 6.07) is 9.64. The van der Waals surface area contributed by atoms with Crippen molar-refractivity contribution in [1.82, 2.24) is 0 Å². The molecule has 3 heteroatoms. The van der Waals surface area contributed by atoms with Crippen LogP contribution < -0.4 is 0 Å². The summed E-state index contributed by atoms with van der Waals surface area (Å²) >= 11 is 0. The van der Waals surface area contributed by atoms with Crippen molar-refractivity contribution < 1.29 is 14.3 Å². The molecule has 0 amide bonds. The van der Waals surface area contributed by atoms with Crippen LogP contribution in [0.5, 0.6) is 0 Å². The molecule has 0 N–H and O–H groups in total. The zero-order valence-electron chi connectivity index (χ0n) is 10.6. The second kappa shape index (κ2) is 5.17. The fourth-order valence-electron chi connectivity index (χ4n) is 2.33. The Hall–Kier alpha value is -1.90. The number of carbonyl (C=O) groups is 2. The normalized spacial score (nSPS) is 19.7. The molecule has 1 aromatic carbocycles. The first-order valence-corrected chi connectivity index (χ1v) is 6.13. The third-order valence-corrected chi connectivity index (χ3v) is 3.19. The molecule has 0 unspecified atom stereocenters. The molecular weight excluding hydrogens is 228 g/mol. The quantitative estimate of drug-likeness (QED) is 0.768. The molecule has 0 fully saturated rings. The number of hydrogen-bond acceptors (Lipinski definition) is 3. The molecule has 0 radical (unpaired) electrons. The predicted octanol–water partition coefficient (Wildman–Crippen LogP) is 2.97. The van der Waals surface area contributed by atoms with E-state index in [2.05, 4.69) is 0 Å². The Balaban J connectivity index is 2.46. The van der Waals surface area contributed by atoms with Gasteiger partial charge in [0.2, 0.25) is 0 Å². The molecule has 18 heavy (non-hydrogen) atoms. The van der Waals surface area contributed by atoms with Crippen molar-refractivity contribution in [2.75, 3.05) is 0 Å². The van der Waals surface area contributed by atoms with Crippen LogP contribution in [-0.2, 0) is 14.3 Å². The summed E-state index contributed by atoms with van der Waals surface area (Å²) in [5.74, 6) is 0.0645. The van der Waals surface area contributed by atoms with Gasteiger partial charge in [-0.2, -0.15) is 0 Å². The summed E-state index contributed by atoms with van der Waals surface area (Å²) in [6.07, 6.45) is 0.663. The van der Waals surface area contributed by atoms with Crippen LogP contribution in [0.2, 0.25) is 0 Å². The Labute approximate surface area is 106 Å². The Morgan fingerprint density at radius 1 is 1.33 bits per heavy atom. The molecular formula is C15H16O3. The van der Waals surface area contributed by atoms with Crippen molar-refractivity contribution in [2.45, 2.75) is 32.6 Å². The second-order valence-electron chi connectivity index (χ2n) is 4.39. The molecule has 1 aliphatic heterocycles. The summed E-state index contributed by atoms with van der Waals surface area (Å²) in [6.45, 7) is 3.51. The van der Waals surface area contributed by atoms with E-state index < -0.39 is 0 Å². The highest BCUT2D eigenvalue weighted by Gasteiger charge is 2.32. The van der Waals surface area contributed by atoms with Gasteiger partial charge in [-0.15, -0.1) is 0 Å². The summed E-state index contributed by atoms with van der Waals surface area (Å²) < 4.78 is 5.09. The van der Waals surface area contributed by atoms with E-state index >= 15 is 0 Å². The van der Waals surface area contributed by atoms with Gasteiger partial charge < -0.3 is 4.74 Å². The van der Waals surface area contributed by atoms with E-state index in [4.69, 9.17) is 4.74 Å². The van der Waals surface area contributed by atoms with E-state index in [0.29, 0.717) is 17.8 Å². The molecule has 2 rings (SSSR count). The van der Waals surface area contributed by atoms with Gasteiger partial charge in [0.25, 0.3) is 0 Å². The topological polar surface area (TPSA) is 43.4 Å². The van der Waals surface area contributed by atoms with Gasteiger partial charge in [-0.1, -0.05) is 37.3 Å². The number of ether oxygens (including phenoxy) is 1. The Kier molecular flexibility index (Phi) is 3.60. The van der Waals surface area contributed by atoms with Crippen molar-refractivity contribution in [3.05, 3.63) is 47.2 Å². The van der Waals surface area contributed by atoms with Crippen molar-refractivity contribution in [3.63, 3.8) is 0 Å². The monoisotopic (exact) mass is 244 g/mol. The van der Waals surface area contributed by atoms with Crippen LogP contribution in [0.25, 0.3) is 0 Å². The fraction of sp³-hybridized carbons (Fsp3) is 0.333. The minimum atomic E-state index is -0.269. The van der Waals surface area contributed by atoms with E-state index in [1.54, 1.807) is 6.92 Å². The number of rotatable bonds is 3. The molecule has 1 atom stereocenters. The molecule has 94 valence electrons. The second-order valence-corrected chi connectivity index (χ2v) is 4.39. The van der Waals surface area contributed by atoms with Crippen molar-refractivity contribution in [3.8, 4) is 0 Å². The van der Waals surface area contributed by atoms with Crippen LogP contribution in [0.4, 0.5) is 0 Å². The maximum Gasteiger partial charge on any atom is 0.311 e. The van der Waals surface area contributed by atoms with Crippen LogP contribution in [0, 0.1) is 0 Å². The number of cyclic esters (lactones) is 1. The highest BCUT2D eigenvalue weighted by atomic mass is 16.5. The number of carbonyl (C=O) groups excluding carboxylic acids is 2. The molecule has 1 heterocycles. The fourth-order valence-corrected chi connectivity index (χ4v) is 2.33. The third-order valence-electron chi connectivity index (χ3n) is 3.19. The lowest BCUT2D eigenvalue weighted by Gasteiger charge is -2.25.